The van der Waals surface area contributed by atoms with Crippen LogP contribution in [0.15, 0.2) is 0 Å². The van der Waals surface area contributed by atoms with E-state index >= 15 is 0 Å². The van der Waals surface area contributed by atoms with Gasteiger partial charge in [-0.3, -0.25) is 0 Å². The van der Waals surface area contributed by atoms with E-state index in [1.54, 1.807) is 13.8 Å². The third-order valence-electron chi connectivity index (χ3n) is 2.12. The summed E-state index contributed by atoms with van der Waals surface area (Å²) in [6, 6.07) is -0.285. The Morgan fingerprint density at radius 1 is 1.31 bits per heavy atom. The molecule has 96 valence electrons. The van der Waals surface area contributed by atoms with E-state index in [2.05, 4.69) is 5.32 Å². The third-order valence-corrected chi connectivity index (χ3v) is 2.12. The number of nitrogens with one attached hydrogen (secondary N) is 1. The van der Waals surface area contributed by atoms with Gasteiger partial charge in [0.25, 0.3) is 0 Å². The summed E-state index contributed by atoms with van der Waals surface area (Å²) in [6.07, 6.45) is 1.14. The van der Waals surface area contributed by atoms with Gasteiger partial charge in [0.1, 0.15) is 5.60 Å². The van der Waals surface area contributed by atoms with Crippen molar-refractivity contribution >= 4 is 6.09 Å². The van der Waals surface area contributed by atoms with Crippen LogP contribution in [0.3, 0.4) is 0 Å². The molecular formula is C12H25NO3. The van der Waals surface area contributed by atoms with Gasteiger partial charge in [-0.25, -0.2) is 4.79 Å². The van der Waals surface area contributed by atoms with E-state index in [0.717, 1.165) is 12.8 Å². The highest BCUT2D eigenvalue weighted by Gasteiger charge is 2.29. The van der Waals surface area contributed by atoms with Crippen molar-refractivity contribution < 1.29 is 14.6 Å². The Morgan fingerprint density at radius 3 is 2.12 bits per heavy atom. The van der Waals surface area contributed by atoms with Crippen molar-refractivity contribution in [2.45, 2.75) is 71.6 Å². The van der Waals surface area contributed by atoms with E-state index in [0.29, 0.717) is 0 Å². The van der Waals surface area contributed by atoms with E-state index in [1.807, 2.05) is 27.7 Å². The number of carbonyl (C=O) groups is 1. The monoisotopic (exact) mass is 231 g/mol. The van der Waals surface area contributed by atoms with Crippen LogP contribution in [0.25, 0.3) is 0 Å². The Bertz CT molecular complexity index is 225. The summed E-state index contributed by atoms with van der Waals surface area (Å²) >= 11 is 0. The second-order valence-corrected chi connectivity index (χ2v) is 5.64. The van der Waals surface area contributed by atoms with Crippen LogP contribution >= 0.6 is 0 Å². The molecule has 4 heteroatoms. The van der Waals surface area contributed by atoms with E-state index in [-0.39, 0.29) is 6.04 Å². The van der Waals surface area contributed by atoms with Gasteiger partial charge in [0.2, 0.25) is 0 Å². The maximum atomic E-state index is 11.5. The zero-order valence-corrected chi connectivity index (χ0v) is 11.3. The molecule has 0 aliphatic rings. The van der Waals surface area contributed by atoms with Crippen LogP contribution in [-0.2, 0) is 4.74 Å². The second kappa shape index (κ2) is 5.53. The van der Waals surface area contributed by atoms with Gasteiger partial charge in [0.15, 0.2) is 0 Å². The van der Waals surface area contributed by atoms with Crippen LogP contribution in [-0.4, -0.2) is 28.4 Å². The summed E-state index contributed by atoms with van der Waals surface area (Å²) in [5.41, 5.74) is -1.45. The fourth-order valence-corrected chi connectivity index (χ4v) is 1.34. The van der Waals surface area contributed by atoms with Crippen LogP contribution < -0.4 is 5.32 Å². The Balaban J connectivity index is 4.36. The number of carbonyl (C=O) groups excluding carboxylic acids is 1. The van der Waals surface area contributed by atoms with Gasteiger partial charge in [-0.15, -0.1) is 0 Å². The third kappa shape index (κ3) is 6.67. The molecule has 0 aromatic rings. The van der Waals surface area contributed by atoms with Gasteiger partial charge < -0.3 is 15.2 Å². The summed E-state index contributed by atoms with van der Waals surface area (Å²) in [5.74, 6) is 0. The van der Waals surface area contributed by atoms with Crippen LogP contribution in [0, 0.1) is 0 Å². The molecule has 0 unspecified atom stereocenters. The lowest BCUT2D eigenvalue weighted by Gasteiger charge is -2.31. The Hall–Kier alpha value is -0.770. The first kappa shape index (κ1) is 15.2. The zero-order valence-electron chi connectivity index (χ0n) is 11.3. The summed E-state index contributed by atoms with van der Waals surface area (Å²) < 4.78 is 5.15. The van der Waals surface area contributed by atoms with Crippen molar-refractivity contribution in [3.63, 3.8) is 0 Å². The van der Waals surface area contributed by atoms with Crippen LogP contribution in [0.5, 0.6) is 0 Å². The minimum atomic E-state index is -0.938. The molecular weight excluding hydrogens is 206 g/mol. The minimum absolute atomic E-state index is 0.285. The molecule has 0 rings (SSSR count). The maximum absolute atomic E-state index is 11.5. The number of alkyl carbamates (subject to hydrolysis) is 1. The quantitative estimate of drug-likeness (QED) is 0.781. The first-order valence-corrected chi connectivity index (χ1v) is 5.78. The SMILES string of the molecule is CCC[C@@H](NC(=O)OC(C)(C)C)C(C)(C)O. The molecule has 0 fully saturated rings. The normalized spacial score (nSPS) is 14.4. The van der Waals surface area contributed by atoms with E-state index in [1.165, 1.54) is 0 Å². The first-order chi connectivity index (χ1) is 7.06. The van der Waals surface area contributed by atoms with Crippen LogP contribution in [0.4, 0.5) is 4.79 Å². The van der Waals surface area contributed by atoms with Gasteiger partial charge in [-0.2, -0.15) is 0 Å². The molecule has 1 amide bonds. The van der Waals surface area contributed by atoms with Gasteiger partial charge in [-0.1, -0.05) is 13.3 Å². The molecule has 0 bridgehead atoms. The molecule has 2 N–H and O–H groups in total. The van der Waals surface area contributed by atoms with E-state index < -0.39 is 17.3 Å². The highest BCUT2D eigenvalue weighted by molar-refractivity contribution is 5.68. The summed E-state index contributed by atoms with van der Waals surface area (Å²) in [6.45, 7) is 10.8. The molecule has 0 aliphatic carbocycles. The molecule has 0 aromatic heterocycles. The number of amides is 1. The first-order valence-electron chi connectivity index (χ1n) is 5.78. The average molecular weight is 231 g/mol. The summed E-state index contributed by atoms with van der Waals surface area (Å²) in [7, 11) is 0. The summed E-state index contributed by atoms with van der Waals surface area (Å²) in [4.78, 5) is 11.5. The maximum Gasteiger partial charge on any atom is 0.407 e. The Kier molecular flexibility index (Phi) is 5.26. The zero-order chi connectivity index (χ0) is 13.0. The highest BCUT2D eigenvalue weighted by Crippen LogP contribution is 2.15. The molecule has 1 atom stereocenters. The number of aliphatic hydroxyl groups is 1. The fraction of sp³-hybridized carbons (Fsp3) is 0.917. The van der Waals surface area contributed by atoms with Crippen LogP contribution in [0.1, 0.15) is 54.4 Å². The van der Waals surface area contributed by atoms with Crippen LogP contribution in [0.2, 0.25) is 0 Å². The highest BCUT2D eigenvalue weighted by atomic mass is 16.6. The number of hydrogen-bond donors (Lipinski definition) is 2. The van der Waals surface area contributed by atoms with Crippen molar-refractivity contribution in [1.29, 1.82) is 0 Å². The lowest BCUT2D eigenvalue weighted by Crippen LogP contribution is -2.50. The number of rotatable bonds is 4. The van der Waals surface area contributed by atoms with Crippen molar-refractivity contribution in [2.24, 2.45) is 0 Å². The standard InChI is InChI=1S/C12H25NO3/c1-7-8-9(12(5,6)15)13-10(14)16-11(2,3)4/h9,15H,7-8H2,1-6H3,(H,13,14)/t9-/m1/s1. The molecule has 0 aromatic carbocycles. The van der Waals surface area contributed by atoms with Crippen molar-refractivity contribution in [2.75, 3.05) is 0 Å². The molecule has 0 aliphatic heterocycles. The van der Waals surface area contributed by atoms with Gasteiger partial charge in [-0.05, 0) is 41.0 Å². The lowest BCUT2D eigenvalue weighted by atomic mass is 9.95. The van der Waals surface area contributed by atoms with Gasteiger partial charge >= 0.3 is 6.09 Å². The second-order valence-electron chi connectivity index (χ2n) is 5.64. The molecule has 0 saturated heterocycles. The predicted molar refractivity (Wildman–Crippen MR) is 64.4 cm³/mol. The van der Waals surface area contributed by atoms with Gasteiger partial charge in [0, 0.05) is 0 Å². The minimum Gasteiger partial charge on any atom is -0.444 e. The smallest absolute Gasteiger partial charge is 0.407 e. The average Bonchev–Trinajstić information content (AvgIpc) is 1.97. The number of ether oxygens (including phenoxy) is 1. The van der Waals surface area contributed by atoms with Gasteiger partial charge in [0.05, 0.1) is 11.6 Å². The van der Waals surface area contributed by atoms with E-state index in [9.17, 15) is 9.90 Å². The van der Waals surface area contributed by atoms with Crippen molar-refractivity contribution in [3.05, 3.63) is 0 Å². The fourth-order valence-electron chi connectivity index (χ4n) is 1.34. The molecule has 0 radical (unpaired) electrons. The Labute approximate surface area is 98.4 Å². The van der Waals surface area contributed by atoms with Crippen molar-refractivity contribution in [1.82, 2.24) is 5.32 Å². The predicted octanol–water partition coefficient (Wildman–Crippen LogP) is 2.45. The van der Waals surface area contributed by atoms with Crippen molar-refractivity contribution in [3.8, 4) is 0 Å². The molecule has 0 saturated carbocycles. The topological polar surface area (TPSA) is 58.6 Å². The van der Waals surface area contributed by atoms with E-state index in [4.69, 9.17) is 4.74 Å². The largest absolute Gasteiger partial charge is 0.444 e. The Morgan fingerprint density at radius 2 is 1.81 bits per heavy atom. The molecule has 0 spiro atoms. The molecule has 16 heavy (non-hydrogen) atoms. The number of hydrogen-bond acceptors (Lipinski definition) is 3. The molecule has 0 heterocycles. The molecule has 4 nitrogen and oxygen atoms in total. The lowest BCUT2D eigenvalue weighted by molar-refractivity contribution is 0.0147. The summed E-state index contributed by atoms with van der Waals surface area (Å²) in [5, 5.41) is 12.6.